The van der Waals surface area contributed by atoms with Crippen molar-refractivity contribution in [2.75, 3.05) is 4.90 Å². The number of ether oxygens (including phenoxy) is 1. The predicted octanol–water partition coefficient (Wildman–Crippen LogP) is 6.03. The predicted molar refractivity (Wildman–Crippen MR) is 146 cm³/mol. The van der Waals surface area contributed by atoms with Crippen LogP contribution >= 0.6 is 0 Å². The Kier molecular flexibility index (Phi) is 3.74. The molecule has 0 saturated heterocycles. The van der Waals surface area contributed by atoms with E-state index in [4.69, 9.17) is 4.74 Å². The molecule has 4 aromatic carbocycles. The number of nitrogens with zero attached hydrogens (tertiary/aromatic N) is 1. The van der Waals surface area contributed by atoms with Crippen molar-refractivity contribution < 1.29 is 4.74 Å². The highest BCUT2D eigenvalue weighted by Gasteiger charge is 2.61. The molecule has 3 heteroatoms. The van der Waals surface area contributed by atoms with E-state index in [0.29, 0.717) is 0 Å². The maximum Gasteiger partial charge on any atom is 0.256 e. The van der Waals surface area contributed by atoms with Gasteiger partial charge in [0.25, 0.3) is 6.71 Å². The fraction of sp³-hybridized carbons (Fsp3) is 0.250. The van der Waals surface area contributed by atoms with Gasteiger partial charge in [0.1, 0.15) is 11.5 Å². The minimum absolute atomic E-state index is 0.0503. The molecule has 1 unspecified atom stereocenters. The molecule has 0 spiro atoms. The van der Waals surface area contributed by atoms with E-state index < -0.39 is 0 Å². The summed E-state index contributed by atoms with van der Waals surface area (Å²) in [6, 6.07) is 31.2. The van der Waals surface area contributed by atoms with Gasteiger partial charge in [-0.25, -0.2) is 0 Å². The minimum Gasteiger partial charge on any atom is -0.458 e. The van der Waals surface area contributed by atoms with Crippen LogP contribution in [0.5, 0.6) is 11.5 Å². The topological polar surface area (TPSA) is 12.5 Å². The van der Waals surface area contributed by atoms with Gasteiger partial charge in [-0.15, -0.1) is 0 Å². The molecule has 1 fully saturated rings. The second-order valence-corrected chi connectivity index (χ2v) is 11.2. The van der Waals surface area contributed by atoms with Crippen LogP contribution in [0.2, 0.25) is 0 Å². The van der Waals surface area contributed by atoms with Crippen LogP contribution in [-0.4, -0.2) is 12.3 Å². The van der Waals surface area contributed by atoms with E-state index in [9.17, 15) is 0 Å². The Hall–Kier alpha value is -3.46. The molecule has 3 aliphatic heterocycles. The Morgan fingerprint density at radius 3 is 2.40 bits per heavy atom. The average molecular weight is 453 g/mol. The van der Waals surface area contributed by atoms with E-state index in [1.165, 1.54) is 64.6 Å². The Morgan fingerprint density at radius 1 is 0.743 bits per heavy atom. The second kappa shape index (κ2) is 6.60. The van der Waals surface area contributed by atoms with Crippen LogP contribution in [0.4, 0.5) is 11.4 Å². The van der Waals surface area contributed by atoms with Gasteiger partial charge in [-0.1, -0.05) is 86.5 Å². The van der Waals surface area contributed by atoms with Crippen molar-refractivity contribution in [2.24, 2.45) is 0 Å². The van der Waals surface area contributed by atoms with Gasteiger partial charge < -0.3 is 9.64 Å². The molecule has 2 nitrogen and oxygen atoms in total. The highest BCUT2D eigenvalue weighted by atomic mass is 16.5. The van der Waals surface area contributed by atoms with Gasteiger partial charge in [-0.3, -0.25) is 0 Å². The first kappa shape index (κ1) is 19.8. The summed E-state index contributed by atoms with van der Waals surface area (Å²) >= 11 is 0. The van der Waals surface area contributed by atoms with Crippen molar-refractivity contribution in [1.82, 2.24) is 0 Å². The first-order valence-corrected chi connectivity index (χ1v) is 13.0. The van der Waals surface area contributed by atoms with Gasteiger partial charge in [-0.05, 0) is 71.0 Å². The smallest absolute Gasteiger partial charge is 0.256 e. The van der Waals surface area contributed by atoms with Crippen LogP contribution < -0.4 is 26.0 Å². The van der Waals surface area contributed by atoms with Gasteiger partial charge in [-0.2, -0.15) is 0 Å². The molecule has 4 aromatic rings. The number of para-hydroxylation sites is 2. The summed E-state index contributed by atoms with van der Waals surface area (Å²) in [5, 5.41) is 0. The molecule has 0 aromatic heterocycles. The van der Waals surface area contributed by atoms with E-state index in [0.717, 1.165) is 11.5 Å². The standard InChI is InChI=1S/C32H28BNO/c1-31-17-8-9-18-32(31,2)34-26-19-22(21-11-4-3-5-12-21)20-28-29(26)33(24-14-6-7-16-27(24)35-28)25-15-10-13-23(31)30(25)34/h3-7,10-16,19-20H,8-9,17-18H2,1-2H3/t31-,32?/m0/s1. The number of hydrogen-bond acceptors (Lipinski definition) is 2. The van der Waals surface area contributed by atoms with Crippen LogP contribution in [0.3, 0.4) is 0 Å². The zero-order valence-electron chi connectivity index (χ0n) is 20.3. The molecule has 170 valence electrons. The molecular formula is C32H28BNO. The maximum atomic E-state index is 6.68. The van der Waals surface area contributed by atoms with E-state index in [1.807, 2.05) is 0 Å². The van der Waals surface area contributed by atoms with Gasteiger partial charge in [0.2, 0.25) is 0 Å². The lowest BCUT2D eigenvalue weighted by Gasteiger charge is -2.52. The summed E-state index contributed by atoms with van der Waals surface area (Å²) in [5.74, 6) is 1.99. The van der Waals surface area contributed by atoms with Crippen molar-refractivity contribution in [2.45, 2.75) is 50.5 Å². The minimum atomic E-state index is 0.0503. The van der Waals surface area contributed by atoms with E-state index in [2.05, 4.69) is 104 Å². The zero-order valence-corrected chi connectivity index (χ0v) is 20.3. The largest absolute Gasteiger partial charge is 0.458 e. The average Bonchev–Trinajstić information content (AvgIpc) is 3.11. The summed E-state index contributed by atoms with van der Waals surface area (Å²) in [6.45, 7) is 5.25. The molecule has 0 radical (unpaired) electrons. The third kappa shape index (κ3) is 2.32. The molecule has 8 rings (SSSR count). The van der Waals surface area contributed by atoms with E-state index in [1.54, 1.807) is 5.56 Å². The second-order valence-electron chi connectivity index (χ2n) is 11.2. The Labute approximate surface area is 207 Å². The number of fused-ring (bicyclic) bond motifs is 7. The molecule has 35 heavy (non-hydrogen) atoms. The van der Waals surface area contributed by atoms with Crippen molar-refractivity contribution in [1.29, 1.82) is 0 Å². The third-order valence-corrected chi connectivity index (χ3v) is 9.68. The number of anilines is 2. The Morgan fingerprint density at radius 2 is 1.51 bits per heavy atom. The molecule has 0 bridgehead atoms. The van der Waals surface area contributed by atoms with Crippen LogP contribution in [0.1, 0.15) is 45.1 Å². The van der Waals surface area contributed by atoms with Gasteiger partial charge >= 0.3 is 0 Å². The molecule has 2 atom stereocenters. The molecular weight excluding hydrogens is 425 g/mol. The van der Waals surface area contributed by atoms with Gasteiger partial charge in [0.05, 0.1) is 5.54 Å². The highest BCUT2D eigenvalue weighted by Crippen LogP contribution is 2.61. The maximum absolute atomic E-state index is 6.68. The van der Waals surface area contributed by atoms with E-state index in [-0.39, 0.29) is 17.7 Å². The lowest BCUT2D eigenvalue weighted by Crippen LogP contribution is -2.63. The SMILES string of the molecule is CC12CCCC[C@@]1(C)c1cccc3c1N2c1cc(-c2ccccc2)cc2c1B3c1ccccc1O2. The van der Waals surface area contributed by atoms with Crippen LogP contribution in [0, 0.1) is 0 Å². The molecule has 3 heterocycles. The number of hydrogen-bond donors (Lipinski definition) is 0. The molecule has 0 amide bonds. The first-order valence-electron chi connectivity index (χ1n) is 13.0. The Bertz CT molecular complexity index is 1530. The molecule has 0 N–H and O–H groups in total. The lowest BCUT2D eigenvalue weighted by atomic mass is 9.34. The fourth-order valence-electron chi connectivity index (χ4n) is 7.78. The van der Waals surface area contributed by atoms with Gasteiger partial charge in [0.15, 0.2) is 0 Å². The van der Waals surface area contributed by atoms with E-state index >= 15 is 0 Å². The monoisotopic (exact) mass is 453 g/mol. The van der Waals surface area contributed by atoms with Crippen molar-refractivity contribution >= 4 is 34.5 Å². The molecule has 1 saturated carbocycles. The summed E-state index contributed by atoms with van der Waals surface area (Å²) < 4.78 is 6.68. The summed E-state index contributed by atoms with van der Waals surface area (Å²) in [5.41, 5.74) is 11.1. The quantitative estimate of drug-likeness (QED) is 0.288. The van der Waals surface area contributed by atoms with Crippen molar-refractivity contribution in [3.05, 3.63) is 90.5 Å². The third-order valence-electron chi connectivity index (χ3n) is 9.68. The normalized spacial score (nSPS) is 24.7. The summed E-state index contributed by atoms with van der Waals surface area (Å²) in [4.78, 5) is 2.75. The van der Waals surface area contributed by atoms with Crippen LogP contribution in [-0.2, 0) is 5.41 Å². The zero-order chi connectivity index (χ0) is 23.4. The lowest BCUT2D eigenvalue weighted by molar-refractivity contribution is 0.195. The number of rotatable bonds is 1. The van der Waals surface area contributed by atoms with Crippen LogP contribution in [0.15, 0.2) is 84.9 Å². The van der Waals surface area contributed by atoms with Crippen LogP contribution in [0.25, 0.3) is 11.1 Å². The van der Waals surface area contributed by atoms with Crippen molar-refractivity contribution in [3.63, 3.8) is 0 Å². The first-order chi connectivity index (χ1) is 17.1. The van der Waals surface area contributed by atoms with Crippen molar-refractivity contribution in [3.8, 4) is 22.6 Å². The summed E-state index contributed by atoms with van der Waals surface area (Å²) in [7, 11) is 0. The molecule has 1 aliphatic carbocycles. The highest BCUT2D eigenvalue weighted by molar-refractivity contribution is 6.99. The fourth-order valence-corrected chi connectivity index (χ4v) is 7.78. The Balaban J connectivity index is 1.50. The van der Waals surface area contributed by atoms with Gasteiger partial charge in [0, 0.05) is 16.8 Å². The molecule has 4 aliphatic rings. The summed E-state index contributed by atoms with van der Waals surface area (Å²) in [6.07, 6.45) is 5.05. The number of benzene rings is 4.